The summed E-state index contributed by atoms with van der Waals surface area (Å²) in [6, 6.07) is 8.12. The van der Waals surface area contributed by atoms with Crippen molar-refractivity contribution in [2.24, 2.45) is 5.84 Å². The van der Waals surface area contributed by atoms with Gasteiger partial charge in [-0.25, -0.2) is 20.6 Å². The number of benzene rings is 1. The Morgan fingerprint density at radius 1 is 1.30 bits per heavy atom. The molecule has 2 aliphatic heterocycles. The van der Waals surface area contributed by atoms with Crippen LogP contribution >= 0.6 is 0 Å². The zero-order chi connectivity index (χ0) is 21.3. The summed E-state index contributed by atoms with van der Waals surface area (Å²) < 4.78 is 5.41. The molecule has 0 bridgehead atoms. The number of rotatable bonds is 4. The van der Waals surface area contributed by atoms with E-state index < -0.39 is 5.54 Å². The van der Waals surface area contributed by atoms with E-state index in [2.05, 4.69) is 10.3 Å². The fourth-order valence-corrected chi connectivity index (χ4v) is 4.06. The topological polar surface area (TPSA) is 96.6 Å². The van der Waals surface area contributed by atoms with E-state index in [1.54, 1.807) is 4.90 Å². The van der Waals surface area contributed by atoms with Gasteiger partial charge in [0.1, 0.15) is 0 Å². The highest BCUT2D eigenvalue weighted by Gasteiger charge is 2.43. The first-order chi connectivity index (χ1) is 14.3. The third-order valence-electron chi connectivity index (χ3n) is 6.01. The summed E-state index contributed by atoms with van der Waals surface area (Å²) in [4.78, 5) is 24.1. The number of aryl methyl sites for hydroxylation is 1. The second-order valence-electron chi connectivity index (χ2n) is 8.63. The van der Waals surface area contributed by atoms with Crippen molar-refractivity contribution in [1.82, 2.24) is 19.9 Å². The number of aromatic nitrogens is 2. The van der Waals surface area contributed by atoms with Crippen molar-refractivity contribution in [3.63, 3.8) is 0 Å². The van der Waals surface area contributed by atoms with Gasteiger partial charge in [-0.2, -0.15) is 0 Å². The molecule has 160 valence electrons. The first-order valence-electron chi connectivity index (χ1n) is 10.4. The van der Waals surface area contributed by atoms with Crippen LogP contribution in [0.1, 0.15) is 49.1 Å². The Morgan fingerprint density at radius 2 is 2.00 bits per heavy atom. The van der Waals surface area contributed by atoms with Gasteiger partial charge in [0.05, 0.1) is 24.3 Å². The van der Waals surface area contributed by atoms with Crippen LogP contribution in [0.4, 0.5) is 10.7 Å². The Kier molecular flexibility index (Phi) is 5.62. The summed E-state index contributed by atoms with van der Waals surface area (Å²) in [6.07, 6.45) is 3.72. The number of hydrogen-bond acceptors (Lipinski definition) is 6. The highest BCUT2D eigenvalue weighted by Crippen LogP contribution is 2.38. The lowest BCUT2D eigenvalue weighted by molar-refractivity contribution is 0.0903. The van der Waals surface area contributed by atoms with Gasteiger partial charge >= 0.3 is 6.03 Å². The predicted molar refractivity (Wildman–Crippen MR) is 114 cm³/mol. The van der Waals surface area contributed by atoms with Gasteiger partial charge in [0.15, 0.2) is 0 Å². The van der Waals surface area contributed by atoms with Gasteiger partial charge in [-0.1, -0.05) is 29.8 Å². The number of carbonyl (C=O) groups is 1. The van der Waals surface area contributed by atoms with E-state index in [1.165, 1.54) is 10.6 Å². The van der Waals surface area contributed by atoms with Gasteiger partial charge in [-0.3, -0.25) is 5.01 Å². The molecule has 30 heavy (non-hydrogen) atoms. The molecule has 1 saturated heterocycles. The smallest absolute Gasteiger partial charge is 0.335 e. The number of hydrogen-bond donors (Lipinski definition) is 2. The minimum absolute atomic E-state index is 0.225. The number of nitrogens with zero attached hydrogens (tertiary/aromatic N) is 4. The number of fused-ring (bicyclic) bond motifs is 1. The molecule has 0 atom stereocenters. The second-order valence-corrected chi connectivity index (χ2v) is 8.63. The Morgan fingerprint density at radius 3 is 2.70 bits per heavy atom. The Balaban J connectivity index is 1.47. The Bertz CT molecular complexity index is 908. The van der Waals surface area contributed by atoms with Crippen LogP contribution in [-0.4, -0.2) is 45.2 Å². The zero-order valence-corrected chi connectivity index (χ0v) is 17.9. The van der Waals surface area contributed by atoms with Crippen LogP contribution < -0.4 is 11.2 Å². The lowest BCUT2D eigenvalue weighted by Crippen LogP contribution is -2.50. The van der Waals surface area contributed by atoms with Crippen molar-refractivity contribution in [3.8, 4) is 0 Å². The lowest BCUT2D eigenvalue weighted by atomic mass is 9.97. The number of nitrogens with two attached hydrogens (primary N) is 1. The third kappa shape index (κ3) is 4.11. The van der Waals surface area contributed by atoms with E-state index in [0.29, 0.717) is 25.1 Å². The summed E-state index contributed by atoms with van der Waals surface area (Å²) in [6.45, 7) is 8.32. The van der Waals surface area contributed by atoms with Crippen molar-refractivity contribution in [3.05, 3.63) is 52.8 Å². The summed E-state index contributed by atoms with van der Waals surface area (Å²) >= 11 is 0. The highest BCUT2D eigenvalue weighted by atomic mass is 16.5. The molecule has 4 rings (SSSR count). The van der Waals surface area contributed by atoms with Crippen LogP contribution in [0.5, 0.6) is 0 Å². The lowest BCUT2D eigenvalue weighted by Gasteiger charge is -2.34. The fraction of sp³-hybridized carbons (Fsp3) is 0.500. The van der Waals surface area contributed by atoms with Gasteiger partial charge < -0.3 is 15.0 Å². The number of amides is 2. The normalized spacial score (nSPS) is 18.2. The largest absolute Gasteiger partial charge is 0.381 e. The van der Waals surface area contributed by atoms with Crippen LogP contribution in [0.2, 0.25) is 0 Å². The van der Waals surface area contributed by atoms with Gasteiger partial charge in [-0.05, 0) is 39.2 Å². The number of urea groups is 1. The summed E-state index contributed by atoms with van der Waals surface area (Å²) in [5, 5.41) is 4.67. The number of anilines is 1. The Labute approximate surface area is 177 Å². The average Bonchev–Trinajstić information content (AvgIpc) is 3.00. The highest BCUT2D eigenvalue weighted by molar-refractivity contribution is 5.76. The van der Waals surface area contributed by atoms with E-state index in [1.807, 2.05) is 51.2 Å². The molecule has 0 radical (unpaired) electrons. The fourth-order valence-electron chi connectivity index (χ4n) is 4.06. The van der Waals surface area contributed by atoms with Crippen molar-refractivity contribution >= 4 is 12.0 Å². The molecular formula is C22H30N6O2. The molecule has 0 saturated carbocycles. The maximum Gasteiger partial charge on any atom is 0.335 e. The van der Waals surface area contributed by atoms with E-state index in [0.717, 1.165) is 42.9 Å². The Hall–Kier alpha value is -2.71. The molecule has 8 heteroatoms. The first-order valence-corrected chi connectivity index (χ1v) is 10.4. The molecule has 8 nitrogen and oxygen atoms in total. The molecule has 0 unspecified atom stereocenters. The number of ether oxygens (including phenoxy) is 1. The third-order valence-corrected chi connectivity index (χ3v) is 6.01. The number of hydrazine groups is 1. The van der Waals surface area contributed by atoms with Crippen LogP contribution in [0.15, 0.2) is 30.5 Å². The molecule has 1 aromatic carbocycles. The zero-order valence-electron chi connectivity index (χ0n) is 17.9. The molecule has 0 spiro atoms. The summed E-state index contributed by atoms with van der Waals surface area (Å²) in [7, 11) is 0. The molecule has 1 fully saturated rings. The molecule has 2 amide bonds. The van der Waals surface area contributed by atoms with Gasteiger partial charge in [0.2, 0.25) is 5.95 Å². The SMILES string of the molecule is Cc1ccc(CN(N)C(=O)N2Cc3nc(NC4CCOCC4)ncc3C2(C)C)cc1. The van der Waals surface area contributed by atoms with Crippen molar-refractivity contribution in [2.75, 3.05) is 18.5 Å². The van der Waals surface area contributed by atoms with Gasteiger partial charge in [0.25, 0.3) is 0 Å². The van der Waals surface area contributed by atoms with Gasteiger partial charge in [-0.15, -0.1) is 0 Å². The standard InChI is InChI=1S/C22H30N6O2/c1-15-4-6-16(7-5-15)13-28(23)21(29)27-14-19-18(22(27,2)3)12-24-20(26-19)25-17-8-10-30-11-9-17/h4-7,12,17H,8-11,13-14,23H2,1-3H3,(H,24,25,26). The van der Waals surface area contributed by atoms with Crippen molar-refractivity contribution in [2.45, 2.75) is 58.3 Å². The molecule has 3 N–H and O–H groups in total. The minimum Gasteiger partial charge on any atom is -0.381 e. The molecule has 2 aliphatic rings. The minimum atomic E-state index is -0.533. The van der Waals surface area contributed by atoms with E-state index in [4.69, 9.17) is 15.6 Å². The van der Waals surface area contributed by atoms with Crippen LogP contribution in [0.25, 0.3) is 0 Å². The van der Waals surface area contributed by atoms with E-state index in [9.17, 15) is 4.79 Å². The van der Waals surface area contributed by atoms with Gasteiger partial charge in [0, 0.05) is 31.0 Å². The second kappa shape index (κ2) is 8.20. The molecular weight excluding hydrogens is 380 g/mol. The average molecular weight is 411 g/mol. The quantitative estimate of drug-likeness (QED) is 0.457. The van der Waals surface area contributed by atoms with Crippen molar-refractivity contribution in [1.29, 1.82) is 0 Å². The van der Waals surface area contributed by atoms with Crippen molar-refractivity contribution < 1.29 is 9.53 Å². The summed E-state index contributed by atoms with van der Waals surface area (Å²) in [5.74, 6) is 6.77. The van der Waals surface area contributed by atoms with Crippen LogP contribution in [0, 0.1) is 6.92 Å². The van der Waals surface area contributed by atoms with Crippen LogP contribution in [0.3, 0.4) is 0 Å². The van der Waals surface area contributed by atoms with E-state index in [-0.39, 0.29) is 6.03 Å². The number of carbonyl (C=O) groups excluding carboxylic acids is 1. The maximum absolute atomic E-state index is 13.2. The van der Waals surface area contributed by atoms with Crippen LogP contribution in [-0.2, 0) is 23.4 Å². The number of nitrogens with one attached hydrogen (secondary N) is 1. The van der Waals surface area contributed by atoms with E-state index >= 15 is 0 Å². The first kappa shape index (κ1) is 20.6. The molecule has 2 aromatic rings. The molecule has 1 aromatic heterocycles. The molecule has 0 aliphatic carbocycles. The monoisotopic (exact) mass is 410 g/mol. The predicted octanol–water partition coefficient (Wildman–Crippen LogP) is 2.92. The summed E-state index contributed by atoms with van der Waals surface area (Å²) in [5.41, 5.74) is 3.45. The molecule has 3 heterocycles. The maximum atomic E-state index is 13.2.